The van der Waals surface area contributed by atoms with Crippen LogP contribution in [0.25, 0.3) is 0 Å². The number of ether oxygens (including phenoxy) is 1. The molecule has 2 atom stereocenters. The van der Waals surface area contributed by atoms with E-state index in [9.17, 15) is 12.8 Å². The molecule has 2 unspecified atom stereocenters. The number of hydrogen-bond donors (Lipinski definition) is 2. The van der Waals surface area contributed by atoms with Crippen molar-refractivity contribution in [3.05, 3.63) is 29.6 Å². The molecule has 1 heterocycles. The first-order valence-electron chi connectivity index (χ1n) is 6.51. The zero-order chi connectivity index (χ0) is 15.6. The largest absolute Gasteiger partial charge is 0.389 e. The molecule has 5 nitrogen and oxygen atoms in total. The number of nitrogens with one attached hydrogen (secondary N) is 1. The van der Waals surface area contributed by atoms with Gasteiger partial charge >= 0.3 is 0 Å². The fourth-order valence-corrected chi connectivity index (χ4v) is 4.13. The molecule has 116 valence electrons. The van der Waals surface area contributed by atoms with Crippen LogP contribution >= 0.6 is 12.2 Å². The first-order chi connectivity index (χ1) is 9.83. The number of rotatable bonds is 5. The van der Waals surface area contributed by atoms with Gasteiger partial charge in [0, 0.05) is 18.6 Å². The van der Waals surface area contributed by atoms with Crippen LogP contribution < -0.4 is 10.5 Å². The maximum Gasteiger partial charge on any atom is 0.241 e. The van der Waals surface area contributed by atoms with E-state index >= 15 is 0 Å². The third kappa shape index (κ3) is 3.57. The number of hydrogen-bond acceptors (Lipinski definition) is 4. The molecule has 1 aromatic carbocycles. The Morgan fingerprint density at radius 2 is 2.29 bits per heavy atom. The number of benzene rings is 1. The lowest BCUT2D eigenvalue weighted by Gasteiger charge is -2.20. The van der Waals surface area contributed by atoms with Gasteiger partial charge in [0.1, 0.15) is 10.8 Å². The Kier molecular flexibility index (Phi) is 4.92. The van der Waals surface area contributed by atoms with Gasteiger partial charge in [-0.1, -0.05) is 18.3 Å². The standard InChI is InChI=1S/C13H17FN2O3S2/c1-8(9-5-6-19-7-9)16-21(17,18)11-4-2-3-10(14)12(11)13(15)20/h2-4,8-9,16H,5-7H2,1H3,(H2,15,20). The lowest BCUT2D eigenvalue weighted by Crippen LogP contribution is -2.39. The zero-order valence-corrected chi connectivity index (χ0v) is 13.1. The SMILES string of the molecule is CC(NS(=O)(=O)c1cccc(F)c1C(N)=S)C1CCOC1. The smallest absolute Gasteiger partial charge is 0.241 e. The van der Waals surface area contributed by atoms with Crippen LogP contribution in [0.3, 0.4) is 0 Å². The van der Waals surface area contributed by atoms with Crippen LogP contribution in [0, 0.1) is 11.7 Å². The average Bonchev–Trinajstić information content (AvgIpc) is 2.91. The molecule has 0 saturated carbocycles. The highest BCUT2D eigenvalue weighted by molar-refractivity contribution is 7.89. The van der Waals surface area contributed by atoms with Gasteiger partial charge in [-0.05, 0) is 25.5 Å². The second-order valence-corrected chi connectivity index (χ2v) is 7.13. The van der Waals surface area contributed by atoms with Crippen molar-refractivity contribution in [1.29, 1.82) is 0 Å². The topological polar surface area (TPSA) is 81.4 Å². The third-order valence-corrected chi connectivity index (χ3v) is 5.33. The highest BCUT2D eigenvalue weighted by atomic mass is 32.2. The fraction of sp³-hybridized carbons (Fsp3) is 0.462. The van der Waals surface area contributed by atoms with Gasteiger partial charge in [0.25, 0.3) is 0 Å². The minimum absolute atomic E-state index is 0.0987. The summed E-state index contributed by atoms with van der Waals surface area (Å²) in [4.78, 5) is -0.522. The van der Waals surface area contributed by atoms with E-state index in [-0.39, 0.29) is 27.4 Å². The minimum Gasteiger partial charge on any atom is -0.389 e. The Hall–Kier alpha value is -1.09. The van der Waals surface area contributed by atoms with E-state index in [1.165, 1.54) is 12.1 Å². The molecule has 0 spiro atoms. The summed E-state index contributed by atoms with van der Waals surface area (Å²) in [6, 6.07) is 3.41. The number of sulfonamides is 1. The van der Waals surface area contributed by atoms with Gasteiger partial charge in [0.05, 0.1) is 17.1 Å². The van der Waals surface area contributed by atoms with Crippen LogP contribution in [-0.4, -0.2) is 32.7 Å². The van der Waals surface area contributed by atoms with Gasteiger partial charge in [-0.2, -0.15) is 0 Å². The summed E-state index contributed by atoms with van der Waals surface area (Å²) in [6.45, 7) is 2.89. The molecule has 1 aliphatic heterocycles. The van der Waals surface area contributed by atoms with Gasteiger partial charge in [0.2, 0.25) is 10.0 Å². The van der Waals surface area contributed by atoms with E-state index in [1.807, 2.05) is 0 Å². The summed E-state index contributed by atoms with van der Waals surface area (Å²) in [5.41, 5.74) is 5.19. The zero-order valence-electron chi connectivity index (χ0n) is 11.5. The summed E-state index contributed by atoms with van der Waals surface area (Å²) in [7, 11) is -3.91. The number of halogens is 1. The van der Waals surface area contributed by atoms with Crippen molar-refractivity contribution in [2.45, 2.75) is 24.3 Å². The molecule has 8 heteroatoms. The molecule has 1 saturated heterocycles. The molecular weight excluding hydrogens is 315 g/mol. The second-order valence-electron chi connectivity index (χ2n) is 5.01. The average molecular weight is 332 g/mol. The quantitative estimate of drug-likeness (QED) is 0.791. The van der Waals surface area contributed by atoms with E-state index in [1.54, 1.807) is 6.92 Å². The van der Waals surface area contributed by atoms with Crippen LogP contribution in [0.4, 0.5) is 4.39 Å². The van der Waals surface area contributed by atoms with Gasteiger partial charge in [-0.25, -0.2) is 17.5 Å². The predicted octanol–water partition coefficient (Wildman–Crippen LogP) is 1.16. The Morgan fingerprint density at radius 1 is 1.57 bits per heavy atom. The number of nitrogens with two attached hydrogens (primary N) is 1. The highest BCUT2D eigenvalue weighted by Crippen LogP contribution is 2.22. The van der Waals surface area contributed by atoms with E-state index in [0.717, 1.165) is 12.5 Å². The monoisotopic (exact) mass is 332 g/mol. The summed E-state index contributed by atoms with van der Waals surface area (Å²) in [5.74, 6) is -0.649. The molecule has 0 amide bonds. The molecular formula is C13H17FN2O3S2. The van der Waals surface area contributed by atoms with Crippen molar-refractivity contribution in [2.75, 3.05) is 13.2 Å². The maximum atomic E-state index is 13.8. The van der Waals surface area contributed by atoms with E-state index in [0.29, 0.717) is 13.2 Å². The third-order valence-electron chi connectivity index (χ3n) is 3.52. The van der Waals surface area contributed by atoms with Gasteiger partial charge in [-0.3, -0.25) is 0 Å². The normalized spacial score (nSPS) is 20.4. The van der Waals surface area contributed by atoms with Crippen molar-refractivity contribution < 1.29 is 17.5 Å². The highest BCUT2D eigenvalue weighted by Gasteiger charge is 2.29. The lowest BCUT2D eigenvalue weighted by atomic mass is 10.0. The van der Waals surface area contributed by atoms with Crippen LogP contribution in [0.1, 0.15) is 18.9 Å². The van der Waals surface area contributed by atoms with Crippen LogP contribution in [0.2, 0.25) is 0 Å². The van der Waals surface area contributed by atoms with Crippen LogP contribution in [0.5, 0.6) is 0 Å². The van der Waals surface area contributed by atoms with Crippen molar-refractivity contribution in [3.63, 3.8) is 0 Å². The van der Waals surface area contributed by atoms with Gasteiger partial charge in [0.15, 0.2) is 0 Å². The van der Waals surface area contributed by atoms with Crippen LogP contribution in [-0.2, 0) is 14.8 Å². The van der Waals surface area contributed by atoms with E-state index in [2.05, 4.69) is 4.72 Å². The Bertz CT molecular complexity index is 643. The van der Waals surface area contributed by atoms with E-state index < -0.39 is 15.8 Å². The van der Waals surface area contributed by atoms with Gasteiger partial charge < -0.3 is 10.5 Å². The lowest BCUT2D eigenvalue weighted by molar-refractivity contribution is 0.180. The first-order valence-corrected chi connectivity index (χ1v) is 8.40. The summed E-state index contributed by atoms with van der Waals surface area (Å²) >= 11 is 4.75. The molecule has 1 aromatic rings. The Morgan fingerprint density at radius 3 is 2.86 bits per heavy atom. The Labute approximate surface area is 128 Å². The summed E-state index contributed by atoms with van der Waals surface area (Å²) < 4.78 is 46.5. The summed E-state index contributed by atoms with van der Waals surface area (Å²) in [6.07, 6.45) is 0.787. The van der Waals surface area contributed by atoms with Crippen LogP contribution in [0.15, 0.2) is 23.1 Å². The minimum atomic E-state index is -3.91. The maximum absolute atomic E-state index is 13.8. The van der Waals surface area contributed by atoms with E-state index in [4.69, 9.17) is 22.7 Å². The molecule has 1 aliphatic rings. The van der Waals surface area contributed by atoms with Crippen molar-refractivity contribution in [3.8, 4) is 0 Å². The molecule has 1 fully saturated rings. The Balaban J connectivity index is 2.31. The molecule has 3 N–H and O–H groups in total. The number of thiocarbonyl (C=S) groups is 1. The summed E-state index contributed by atoms with van der Waals surface area (Å²) in [5, 5.41) is 0. The molecule has 0 bridgehead atoms. The molecule has 21 heavy (non-hydrogen) atoms. The van der Waals surface area contributed by atoms with Gasteiger partial charge in [-0.15, -0.1) is 0 Å². The molecule has 0 aliphatic carbocycles. The van der Waals surface area contributed by atoms with Crippen molar-refractivity contribution in [2.24, 2.45) is 11.7 Å². The second kappa shape index (κ2) is 6.35. The predicted molar refractivity (Wildman–Crippen MR) is 81.0 cm³/mol. The fourth-order valence-electron chi connectivity index (χ4n) is 2.32. The van der Waals surface area contributed by atoms with Crippen molar-refractivity contribution in [1.82, 2.24) is 4.72 Å². The molecule has 2 rings (SSSR count). The van der Waals surface area contributed by atoms with Crippen molar-refractivity contribution >= 4 is 27.2 Å². The first kappa shape index (κ1) is 16.3. The molecule has 0 aromatic heterocycles. The molecule has 0 radical (unpaired) electrons.